The maximum atomic E-state index is 13.9. The predicted molar refractivity (Wildman–Crippen MR) is 115 cm³/mol. The van der Waals surface area contributed by atoms with Crippen LogP contribution in [0, 0.1) is 22.0 Å². The lowest BCUT2D eigenvalue weighted by Gasteiger charge is -2.48. The highest BCUT2D eigenvalue weighted by Crippen LogP contribution is 2.64. The van der Waals surface area contributed by atoms with Gasteiger partial charge in [-0.2, -0.15) is 0 Å². The molecule has 3 aromatic rings. The summed E-state index contributed by atoms with van der Waals surface area (Å²) >= 11 is 0. The Morgan fingerprint density at radius 3 is 2.03 bits per heavy atom. The summed E-state index contributed by atoms with van der Waals surface area (Å²) < 4.78 is 5.39. The molecule has 3 aromatic carbocycles. The lowest BCUT2D eigenvalue weighted by Crippen LogP contribution is -2.57. The highest BCUT2D eigenvalue weighted by atomic mass is 16.6. The van der Waals surface area contributed by atoms with E-state index >= 15 is 0 Å². The maximum absolute atomic E-state index is 13.9. The van der Waals surface area contributed by atoms with Crippen molar-refractivity contribution in [1.82, 2.24) is 0 Å². The van der Waals surface area contributed by atoms with Gasteiger partial charge in [0.25, 0.3) is 5.54 Å². The van der Waals surface area contributed by atoms with Crippen LogP contribution in [0.4, 0.5) is 5.69 Å². The number of hydrogen-bond acceptors (Lipinski definition) is 5. The summed E-state index contributed by atoms with van der Waals surface area (Å²) in [5.41, 5.74) is 0.969. The first kappa shape index (κ1) is 18.7. The third-order valence-corrected chi connectivity index (χ3v) is 7.19. The molecular formula is C25H18N2O5. The topological polar surface area (TPSA) is 89.8 Å². The zero-order valence-corrected chi connectivity index (χ0v) is 17.1. The van der Waals surface area contributed by atoms with Crippen molar-refractivity contribution >= 4 is 17.5 Å². The monoisotopic (exact) mass is 426 g/mol. The van der Waals surface area contributed by atoms with Crippen LogP contribution in [0.15, 0.2) is 72.8 Å². The molecule has 3 aliphatic carbocycles. The Kier molecular flexibility index (Phi) is 3.67. The molecular weight excluding hydrogens is 408 g/mol. The molecule has 7 rings (SSSR count). The fraction of sp³-hybridized carbons (Fsp3) is 0.200. The largest absolute Gasteiger partial charge is 0.495 e. The highest BCUT2D eigenvalue weighted by molar-refractivity contribution is 6.24. The molecule has 0 saturated carbocycles. The van der Waals surface area contributed by atoms with E-state index in [-0.39, 0.29) is 4.92 Å². The summed E-state index contributed by atoms with van der Waals surface area (Å²) in [7, 11) is 1.46. The fourth-order valence-electron chi connectivity index (χ4n) is 6.09. The minimum atomic E-state index is -1.82. The standard InChI is InChI=1S/C25H18N2O5/c1-32-19-13-7-6-12-18(19)26-23(28)21-20-14-8-2-4-10-16(14)25(27(30)31,22(21)24(26)29)17-11-5-3-9-15(17)20/h2-13,20-22H,1H3/t20?,21-,22-,25?/m0/s1. The Morgan fingerprint density at radius 2 is 1.44 bits per heavy atom. The third kappa shape index (κ3) is 1.96. The van der Waals surface area contributed by atoms with E-state index in [1.54, 1.807) is 48.5 Å². The lowest BCUT2D eigenvalue weighted by atomic mass is 9.51. The van der Waals surface area contributed by atoms with Crippen LogP contribution in [0.5, 0.6) is 5.75 Å². The van der Waals surface area contributed by atoms with Gasteiger partial charge in [0.1, 0.15) is 11.7 Å². The van der Waals surface area contributed by atoms with Gasteiger partial charge < -0.3 is 4.74 Å². The molecule has 2 bridgehead atoms. The van der Waals surface area contributed by atoms with E-state index in [0.717, 1.165) is 16.0 Å². The number of para-hydroxylation sites is 2. The van der Waals surface area contributed by atoms with Crippen molar-refractivity contribution < 1.29 is 19.2 Å². The number of imide groups is 1. The van der Waals surface area contributed by atoms with Crippen molar-refractivity contribution in [1.29, 1.82) is 0 Å². The number of nitro groups is 1. The zero-order valence-electron chi connectivity index (χ0n) is 17.1. The Balaban J connectivity index is 1.67. The fourth-order valence-corrected chi connectivity index (χ4v) is 6.09. The second-order valence-electron chi connectivity index (χ2n) is 8.36. The van der Waals surface area contributed by atoms with Gasteiger partial charge in [0, 0.05) is 22.0 Å². The quantitative estimate of drug-likeness (QED) is 0.363. The van der Waals surface area contributed by atoms with E-state index in [0.29, 0.717) is 22.6 Å². The molecule has 0 aromatic heterocycles. The second kappa shape index (κ2) is 6.26. The summed E-state index contributed by atoms with van der Waals surface area (Å²) in [6.07, 6.45) is 0. The van der Waals surface area contributed by atoms with Crippen LogP contribution in [-0.2, 0) is 15.1 Å². The van der Waals surface area contributed by atoms with Crippen LogP contribution in [-0.4, -0.2) is 23.8 Å². The van der Waals surface area contributed by atoms with Crippen LogP contribution in [0.3, 0.4) is 0 Å². The van der Waals surface area contributed by atoms with E-state index in [1.165, 1.54) is 7.11 Å². The normalized spacial score (nSPS) is 27.0. The molecule has 1 aliphatic heterocycles. The molecule has 1 fully saturated rings. The summed E-state index contributed by atoms with van der Waals surface area (Å²) in [5, 5.41) is 12.9. The summed E-state index contributed by atoms with van der Waals surface area (Å²) in [4.78, 5) is 41.3. The molecule has 0 unspecified atom stereocenters. The van der Waals surface area contributed by atoms with Gasteiger partial charge in [-0.1, -0.05) is 60.7 Å². The van der Waals surface area contributed by atoms with E-state index in [4.69, 9.17) is 4.74 Å². The van der Waals surface area contributed by atoms with E-state index in [2.05, 4.69) is 0 Å². The van der Waals surface area contributed by atoms with Gasteiger partial charge in [-0.25, -0.2) is 4.90 Å². The zero-order chi connectivity index (χ0) is 22.2. The molecule has 0 radical (unpaired) electrons. The molecule has 7 heteroatoms. The number of rotatable bonds is 3. The Morgan fingerprint density at radius 1 is 0.875 bits per heavy atom. The van der Waals surface area contributed by atoms with Gasteiger partial charge in [-0.3, -0.25) is 19.7 Å². The minimum absolute atomic E-state index is 0.311. The maximum Gasteiger partial charge on any atom is 0.285 e. The van der Waals surface area contributed by atoms with Crippen LogP contribution < -0.4 is 9.64 Å². The minimum Gasteiger partial charge on any atom is -0.495 e. The number of anilines is 1. The number of methoxy groups -OCH3 is 1. The first-order valence-electron chi connectivity index (χ1n) is 10.4. The van der Waals surface area contributed by atoms with E-state index in [1.807, 2.05) is 24.3 Å². The van der Waals surface area contributed by atoms with Crippen molar-refractivity contribution in [3.63, 3.8) is 0 Å². The Hall–Kier alpha value is -4.00. The van der Waals surface area contributed by atoms with Gasteiger partial charge in [0.05, 0.1) is 18.7 Å². The van der Waals surface area contributed by atoms with E-state index < -0.39 is 35.1 Å². The van der Waals surface area contributed by atoms with Crippen LogP contribution in [0.25, 0.3) is 0 Å². The molecule has 2 atom stereocenters. The molecule has 1 heterocycles. The first-order valence-corrected chi connectivity index (χ1v) is 10.4. The molecule has 1 saturated heterocycles. The number of benzene rings is 3. The van der Waals surface area contributed by atoms with Crippen LogP contribution in [0.1, 0.15) is 28.2 Å². The Labute approximate surface area is 183 Å². The third-order valence-electron chi connectivity index (χ3n) is 7.19. The van der Waals surface area contributed by atoms with Gasteiger partial charge >= 0.3 is 0 Å². The predicted octanol–water partition coefficient (Wildman–Crippen LogP) is 3.48. The van der Waals surface area contributed by atoms with Gasteiger partial charge in [-0.15, -0.1) is 0 Å². The molecule has 0 N–H and O–H groups in total. The highest BCUT2D eigenvalue weighted by Gasteiger charge is 2.75. The van der Waals surface area contributed by atoms with Crippen LogP contribution >= 0.6 is 0 Å². The second-order valence-corrected chi connectivity index (χ2v) is 8.36. The number of carbonyl (C=O) groups is 2. The van der Waals surface area contributed by atoms with Crippen molar-refractivity contribution in [3.8, 4) is 5.75 Å². The molecule has 7 nitrogen and oxygen atoms in total. The number of ether oxygens (including phenoxy) is 1. The molecule has 32 heavy (non-hydrogen) atoms. The number of hydrogen-bond donors (Lipinski definition) is 0. The first-order chi connectivity index (χ1) is 15.5. The van der Waals surface area contributed by atoms with Crippen LogP contribution in [0.2, 0.25) is 0 Å². The van der Waals surface area contributed by atoms with Gasteiger partial charge in [-0.05, 0) is 23.3 Å². The van der Waals surface area contributed by atoms with E-state index in [9.17, 15) is 19.7 Å². The average molecular weight is 426 g/mol. The molecule has 4 aliphatic rings. The van der Waals surface area contributed by atoms with Crippen molar-refractivity contribution in [2.75, 3.05) is 12.0 Å². The van der Waals surface area contributed by atoms with Crippen molar-refractivity contribution in [2.24, 2.45) is 11.8 Å². The molecule has 158 valence electrons. The van der Waals surface area contributed by atoms with Gasteiger partial charge in [0.2, 0.25) is 11.8 Å². The summed E-state index contributed by atoms with van der Waals surface area (Å²) in [6, 6.07) is 21.0. The average Bonchev–Trinajstić information content (AvgIpc) is 3.09. The summed E-state index contributed by atoms with van der Waals surface area (Å²) in [6.45, 7) is 0. The van der Waals surface area contributed by atoms with Crippen molar-refractivity contribution in [3.05, 3.63) is 105 Å². The number of carbonyl (C=O) groups excluding carboxylic acids is 2. The van der Waals surface area contributed by atoms with Gasteiger partial charge in [0.15, 0.2) is 0 Å². The molecule has 2 amide bonds. The lowest BCUT2D eigenvalue weighted by molar-refractivity contribution is -0.578. The Bertz CT molecular complexity index is 1290. The van der Waals surface area contributed by atoms with Crippen molar-refractivity contribution in [2.45, 2.75) is 11.5 Å². The number of amides is 2. The SMILES string of the molecule is COc1ccccc1N1C(=O)[C@@H]2[C@@H](C1=O)C1c3ccccc3C2([N+](=O)[O-])c2ccccc21. The number of nitrogens with zero attached hydrogens (tertiary/aromatic N) is 2. The molecule has 0 spiro atoms. The smallest absolute Gasteiger partial charge is 0.285 e. The summed E-state index contributed by atoms with van der Waals surface area (Å²) in [5.74, 6) is -3.04.